The van der Waals surface area contributed by atoms with Crippen molar-refractivity contribution in [1.82, 2.24) is 0 Å². The van der Waals surface area contributed by atoms with Gasteiger partial charge in [0.1, 0.15) is 26.4 Å². The molecule has 1 aliphatic rings. The van der Waals surface area contributed by atoms with Gasteiger partial charge in [0.15, 0.2) is 0 Å². The Balaban J connectivity index is 3.31. The molecule has 0 heterocycles. The minimum Gasteiger partial charge on any atom is -0.392 e. The molecule has 0 aromatic carbocycles. The van der Waals surface area contributed by atoms with Crippen LogP contribution < -0.4 is 0 Å². The van der Waals surface area contributed by atoms with Crippen molar-refractivity contribution in [3.05, 3.63) is 40.5 Å². The van der Waals surface area contributed by atoms with E-state index in [9.17, 15) is 45.6 Å². The van der Waals surface area contributed by atoms with Crippen molar-refractivity contribution in [2.45, 2.75) is 25.9 Å². The summed E-state index contributed by atoms with van der Waals surface area (Å²) in [6.45, 7) is -1.88. The maximum absolute atomic E-state index is 10.9. The Morgan fingerprint density at radius 3 is 1.21 bits per heavy atom. The predicted octanol–water partition coefficient (Wildman–Crippen LogP) is -0.417. The maximum atomic E-state index is 10.9. The smallest absolute Gasteiger partial charge is 0.294 e. The fraction of sp³-hybridized carbons (Fsp3) is 1.00. The molecule has 1 rings (SSSR count). The van der Waals surface area contributed by atoms with Crippen LogP contribution in [0.2, 0.25) is 0 Å². The van der Waals surface area contributed by atoms with Crippen LogP contribution in [0.25, 0.3) is 0 Å². The van der Waals surface area contributed by atoms with Crippen LogP contribution in [0.1, 0.15) is 19.8 Å². The lowest BCUT2D eigenvalue weighted by Crippen LogP contribution is -2.61. The van der Waals surface area contributed by atoms with Gasteiger partial charge in [-0.25, -0.2) is 0 Å². The van der Waals surface area contributed by atoms with Gasteiger partial charge in [-0.15, -0.1) is 40.5 Å². The van der Waals surface area contributed by atoms with E-state index < -0.39 is 69.6 Å². The van der Waals surface area contributed by atoms with E-state index >= 15 is 0 Å². The van der Waals surface area contributed by atoms with Crippen molar-refractivity contribution in [3.63, 3.8) is 0 Å². The second kappa shape index (κ2) is 9.11. The van der Waals surface area contributed by atoms with Gasteiger partial charge < -0.3 is 24.5 Å². The first-order valence-corrected chi connectivity index (χ1v) is 7.70. The molecular formula is C11H18N4O13. The Kier molecular flexibility index (Phi) is 7.42. The van der Waals surface area contributed by atoms with Crippen LogP contribution in [0, 0.1) is 57.2 Å². The van der Waals surface area contributed by atoms with Gasteiger partial charge in [0.2, 0.25) is 0 Å². The van der Waals surface area contributed by atoms with Crippen molar-refractivity contribution in [2.24, 2.45) is 16.7 Å². The third kappa shape index (κ3) is 5.89. The van der Waals surface area contributed by atoms with Crippen molar-refractivity contribution >= 4 is 0 Å². The fourth-order valence-electron chi connectivity index (χ4n) is 3.69. The Labute approximate surface area is 155 Å². The first kappa shape index (κ1) is 22.8. The summed E-state index contributed by atoms with van der Waals surface area (Å²) < 4.78 is 0. The molecule has 1 N–H and O–H groups in total. The fourth-order valence-corrected chi connectivity index (χ4v) is 3.69. The molecule has 0 aromatic heterocycles. The van der Waals surface area contributed by atoms with Crippen LogP contribution in [-0.2, 0) is 19.4 Å². The molecule has 1 aliphatic carbocycles. The summed E-state index contributed by atoms with van der Waals surface area (Å²) in [6, 6.07) is 0. The number of aliphatic hydroxyl groups is 1. The lowest BCUT2D eigenvalue weighted by Gasteiger charge is -2.52. The summed E-state index contributed by atoms with van der Waals surface area (Å²) in [5, 5.41) is 48.5. The molecule has 1 fully saturated rings. The summed E-state index contributed by atoms with van der Waals surface area (Å²) in [7, 11) is 0. The molecular weight excluding hydrogens is 396 g/mol. The van der Waals surface area contributed by atoms with Gasteiger partial charge in [-0.05, 0) is 18.8 Å². The lowest BCUT2D eigenvalue weighted by atomic mass is 9.57. The molecule has 160 valence electrons. The van der Waals surface area contributed by atoms with E-state index in [4.69, 9.17) is 0 Å². The minimum absolute atomic E-state index is 0.0749. The van der Waals surface area contributed by atoms with E-state index in [1.165, 1.54) is 0 Å². The Morgan fingerprint density at radius 2 is 1.00 bits per heavy atom. The molecule has 0 atom stereocenters. The number of rotatable bonds is 12. The Morgan fingerprint density at radius 1 is 0.750 bits per heavy atom. The van der Waals surface area contributed by atoms with Gasteiger partial charge in [0, 0.05) is 10.8 Å². The van der Waals surface area contributed by atoms with E-state index in [0.29, 0.717) is 0 Å². The molecule has 0 saturated heterocycles. The summed E-state index contributed by atoms with van der Waals surface area (Å²) >= 11 is 0. The van der Waals surface area contributed by atoms with Gasteiger partial charge in [-0.3, -0.25) is 0 Å². The molecule has 0 bridgehead atoms. The summed E-state index contributed by atoms with van der Waals surface area (Å²) in [5.74, 6) is -0.472. The van der Waals surface area contributed by atoms with E-state index in [1.807, 2.05) is 0 Å². The van der Waals surface area contributed by atoms with E-state index in [-0.39, 0.29) is 12.8 Å². The van der Waals surface area contributed by atoms with E-state index in [2.05, 4.69) is 19.4 Å². The summed E-state index contributed by atoms with van der Waals surface area (Å²) in [4.78, 5) is 59.6. The molecule has 0 unspecified atom stereocenters. The van der Waals surface area contributed by atoms with Gasteiger partial charge in [-0.1, -0.05) is 6.92 Å². The molecule has 0 aromatic rings. The summed E-state index contributed by atoms with van der Waals surface area (Å²) in [6.07, 6.45) is -1.99. The van der Waals surface area contributed by atoms with Gasteiger partial charge in [-0.2, -0.15) is 0 Å². The van der Waals surface area contributed by atoms with Crippen LogP contribution in [0.4, 0.5) is 0 Å². The standard InChI is InChI=1S/C11H18N4O13/c1-8-2-10(4-25-12(17)18,5-26-13(19)20)9(16)11(3-8,6-27-14(21)22)7-28-15(23)24/h8-9,16H,2-7H2,1H3. The van der Waals surface area contributed by atoms with Crippen LogP contribution in [0.15, 0.2) is 0 Å². The zero-order chi connectivity index (χ0) is 21.5. The molecule has 17 heteroatoms. The predicted molar refractivity (Wildman–Crippen MR) is 81.1 cm³/mol. The second-order valence-corrected chi connectivity index (χ2v) is 6.63. The van der Waals surface area contributed by atoms with Crippen molar-refractivity contribution in [1.29, 1.82) is 0 Å². The second-order valence-electron chi connectivity index (χ2n) is 6.63. The lowest BCUT2D eigenvalue weighted by molar-refractivity contribution is -0.778. The highest BCUT2D eigenvalue weighted by molar-refractivity contribution is 5.03. The highest BCUT2D eigenvalue weighted by atomic mass is 17.0. The van der Waals surface area contributed by atoms with E-state index in [1.54, 1.807) is 6.92 Å². The Bertz CT molecular complexity index is 527. The first-order valence-electron chi connectivity index (χ1n) is 7.70. The quantitative estimate of drug-likeness (QED) is 0.316. The molecule has 1 saturated carbocycles. The average molecular weight is 414 g/mol. The molecule has 0 spiro atoms. The van der Waals surface area contributed by atoms with Crippen LogP contribution in [0.5, 0.6) is 0 Å². The number of nitrogens with zero attached hydrogens (tertiary/aromatic N) is 4. The van der Waals surface area contributed by atoms with Gasteiger partial charge >= 0.3 is 0 Å². The third-order valence-electron chi connectivity index (χ3n) is 4.50. The monoisotopic (exact) mass is 414 g/mol. The maximum Gasteiger partial charge on any atom is 0.294 e. The average Bonchev–Trinajstić information content (AvgIpc) is 2.58. The molecule has 0 radical (unpaired) electrons. The number of hydrogen-bond acceptors (Lipinski definition) is 13. The normalized spacial score (nSPS) is 22.5. The number of hydrogen-bond donors (Lipinski definition) is 1. The highest BCUT2D eigenvalue weighted by Gasteiger charge is 2.57. The Hall–Kier alpha value is -3.24. The minimum atomic E-state index is -1.84. The van der Waals surface area contributed by atoms with E-state index in [0.717, 1.165) is 0 Å². The van der Waals surface area contributed by atoms with Gasteiger partial charge in [0.25, 0.3) is 20.3 Å². The third-order valence-corrected chi connectivity index (χ3v) is 4.50. The zero-order valence-corrected chi connectivity index (χ0v) is 14.5. The number of aliphatic hydroxyl groups excluding tert-OH is 1. The van der Waals surface area contributed by atoms with Crippen LogP contribution in [0.3, 0.4) is 0 Å². The van der Waals surface area contributed by atoms with Crippen molar-refractivity contribution in [3.8, 4) is 0 Å². The SMILES string of the molecule is CC1CC(CO[N+](=O)[O-])(CO[N+](=O)[O-])C(O)C(CO[N+](=O)[O-])(CO[N+](=O)[O-])C1. The molecule has 0 aliphatic heterocycles. The van der Waals surface area contributed by atoms with Crippen LogP contribution in [-0.4, -0.2) is 58.0 Å². The largest absolute Gasteiger partial charge is 0.392 e. The molecule has 17 nitrogen and oxygen atoms in total. The van der Waals surface area contributed by atoms with Crippen molar-refractivity contribution < 1.29 is 44.8 Å². The highest BCUT2D eigenvalue weighted by Crippen LogP contribution is 2.50. The molecule has 28 heavy (non-hydrogen) atoms. The van der Waals surface area contributed by atoms with Crippen molar-refractivity contribution in [2.75, 3.05) is 26.4 Å². The van der Waals surface area contributed by atoms with Gasteiger partial charge in [0.05, 0.1) is 6.10 Å². The topological polar surface area (TPSA) is 230 Å². The zero-order valence-electron chi connectivity index (χ0n) is 14.5. The summed E-state index contributed by atoms with van der Waals surface area (Å²) in [5.41, 5.74) is -3.59. The van der Waals surface area contributed by atoms with Crippen LogP contribution >= 0.6 is 0 Å². The first-order chi connectivity index (χ1) is 12.9. The molecule has 0 amide bonds.